The zero-order valence-corrected chi connectivity index (χ0v) is 28.7. The average Bonchev–Trinajstić information content (AvgIpc) is 3.88. The quantitative estimate of drug-likeness (QED) is 0.186. The average molecular weight is 707 g/mol. The summed E-state index contributed by atoms with van der Waals surface area (Å²) in [5.74, 6) is -0.681. The fourth-order valence-corrected chi connectivity index (χ4v) is 6.67. The maximum Gasteiger partial charge on any atom is 0.350 e. The Morgan fingerprint density at radius 1 is 0.959 bits per heavy atom. The summed E-state index contributed by atoms with van der Waals surface area (Å²) in [7, 11) is 0. The van der Waals surface area contributed by atoms with Crippen LogP contribution in [0.4, 0.5) is 11.4 Å². The molecule has 3 aromatic heterocycles. The van der Waals surface area contributed by atoms with Gasteiger partial charge in [0.2, 0.25) is 11.7 Å². The molecule has 256 valence electrons. The van der Waals surface area contributed by atoms with E-state index >= 15 is 0 Å². The van der Waals surface area contributed by atoms with E-state index in [1.54, 1.807) is 40.1 Å². The summed E-state index contributed by atoms with van der Waals surface area (Å²) in [5.41, 5.74) is 3.49. The van der Waals surface area contributed by atoms with Gasteiger partial charge in [-0.25, -0.2) is 28.7 Å². The lowest BCUT2D eigenvalue weighted by atomic mass is 10.1. The van der Waals surface area contributed by atoms with Crippen molar-refractivity contribution in [2.75, 3.05) is 49.2 Å². The smallest absolute Gasteiger partial charge is 0.350 e. The number of ether oxygens (including phenoxy) is 3. The second kappa shape index (κ2) is 14.2. The maximum atomic E-state index is 12.8. The molecular weight excluding hydrogens is 669 g/mol. The molecule has 5 aromatic rings. The SMILES string of the molecule is CCC(C)n1ncn(-c2ccc(N3CCN(c4ccc(OC[C@@H]5CO[C@@](Cn6cncn6)(c6ccc(Cl)cc6Cl)O5)nc4)CC3)cc2)c1=O. The van der Waals surface area contributed by atoms with Crippen LogP contribution in [0.2, 0.25) is 10.0 Å². The fraction of sp³-hybridized carbons (Fsp3) is 0.382. The molecule has 0 aliphatic carbocycles. The molecule has 0 radical (unpaired) electrons. The lowest BCUT2D eigenvalue weighted by Crippen LogP contribution is -2.46. The number of nitrogens with zero attached hydrogens (tertiary/aromatic N) is 9. The molecule has 2 fully saturated rings. The van der Waals surface area contributed by atoms with E-state index in [9.17, 15) is 4.79 Å². The number of pyridine rings is 1. The van der Waals surface area contributed by atoms with Gasteiger partial charge in [0.05, 0.1) is 35.2 Å². The van der Waals surface area contributed by atoms with E-state index in [-0.39, 0.29) is 31.0 Å². The topological polar surface area (TPSA) is 118 Å². The van der Waals surface area contributed by atoms with Gasteiger partial charge in [-0.1, -0.05) is 36.2 Å². The van der Waals surface area contributed by atoms with Crippen molar-refractivity contribution in [3.63, 3.8) is 0 Å². The molecule has 2 saturated heterocycles. The first-order valence-electron chi connectivity index (χ1n) is 16.3. The van der Waals surface area contributed by atoms with E-state index in [4.69, 9.17) is 37.4 Å². The number of anilines is 2. The Labute approximate surface area is 293 Å². The third-order valence-electron chi connectivity index (χ3n) is 9.02. The number of benzene rings is 2. The molecule has 3 atom stereocenters. The van der Waals surface area contributed by atoms with Crippen LogP contribution in [0.5, 0.6) is 5.88 Å². The molecule has 1 unspecified atom stereocenters. The number of hydrogen-bond acceptors (Lipinski definition) is 10. The first kappa shape index (κ1) is 33.1. The van der Waals surface area contributed by atoms with Crippen LogP contribution < -0.4 is 20.2 Å². The highest BCUT2D eigenvalue weighted by atomic mass is 35.5. The Morgan fingerprint density at radius 3 is 2.37 bits per heavy atom. The number of hydrogen-bond donors (Lipinski definition) is 0. The van der Waals surface area contributed by atoms with Gasteiger partial charge < -0.3 is 24.0 Å². The first-order valence-corrected chi connectivity index (χ1v) is 17.0. The first-order chi connectivity index (χ1) is 23.8. The number of aromatic nitrogens is 7. The fourth-order valence-electron chi connectivity index (χ4n) is 6.12. The predicted molar refractivity (Wildman–Crippen MR) is 186 cm³/mol. The van der Waals surface area contributed by atoms with Crippen molar-refractivity contribution in [2.24, 2.45) is 0 Å². The zero-order chi connectivity index (χ0) is 34.0. The summed E-state index contributed by atoms with van der Waals surface area (Å²) >= 11 is 12.7. The third-order valence-corrected chi connectivity index (χ3v) is 9.56. The predicted octanol–water partition coefficient (Wildman–Crippen LogP) is 4.97. The van der Waals surface area contributed by atoms with Crippen LogP contribution in [0.1, 0.15) is 31.9 Å². The van der Waals surface area contributed by atoms with Crippen LogP contribution >= 0.6 is 23.2 Å². The molecule has 0 spiro atoms. The molecule has 2 aromatic carbocycles. The van der Waals surface area contributed by atoms with Crippen molar-refractivity contribution in [1.82, 2.24) is 34.1 Å². The minimum atomic E-state index is -1.18. The van der Waals surface area contributed by atoms with E-state index in [1.165, 1.54) is 11.0 Å². The van der Waals surface area contributed by atoms with E-state index in [2.05, 4.69) is 42.1 Å². The summed E-state index contributed by atoms with van der Waals surface area (Å²) in [5, 5.41) is 9.47. The van der Waals surface area contributed by atoms with E-state index < -0.39 is 5.79 Å². The second-order valence-corrected chi connectivity index (χ2v) is 13.0. The molecule has 13 nitrogen and oxygen atoms in total. The molecular formula is C34H37Cl2N9O4. The van der Waals surface area contributed by atoms with Gasteiger partial charge >= 0.3 is 5.69 Å². The third kappa shape index (κ3) is 7.02. The van der Waals surface area contributed by atoms with Gasteiger partial charge in [0.25, 0.3) is 0 Å². The van der Waals surface area contributed by atoms with Crippen molar-refractivity contribution >= 4 is 34.6 Å². The molecule has 49 heavy (non-hydrogen) atoms. The van der Waals surface area contributed by atoms with Gasteiger partial charge in [0.1, 0.15) is 38.2 Å². The van der Waals surface area contributed by atoms with Gasteiger partial charge in [0, 0.05) is 48.5 Å². The Hall–Kier alpha value is -4.43. The monoisotopic (exact) mass is 705 g/mol. The molecule has 5 heterocycles. The summed E-state index contributed by atoms with van der Waals surface area (Å²) in [6, 6.07) is 17.3. The van der Waals surface area contributed by atoms with Crippen molar-refractivity contribution in [3.8, 4) is 11.6 Å². The van der Waals surface area contributed by atoms with Crippen LogP contribution in [0.3, 0.4) is 0 Å². The van der Waals surface area contributed by atoms with Crippen molar-refractivity contribution in [2.45, 2.75) is 44.7 Å². The standard InChI is InChI=1S/C34H37Cl2N9O4/c1-3-24(2)45-33(46)44(23-40-45)27-7-5-26(6-8-27)41-12-14-42(15-13-41)28-9-11-32(38-17-28)47-18-29-19-48-34(49-29,20-43-22-37-21-39-43)30-10-4-25(35)16-31(30)36/h4-11,16-17,21-24,29H,3,12-15,18-20H2,1-2H3/t24?,29-,34-/m1/s1. The largest absolute Gasteiger partial charge is 0.475 e. The lowest BCUT2D eigenvalue weighted by Gasteiger charge is -2.37. The Bertz CT molecular complexity index is 1910. The highest BCUT2D eigenvalue weighted by Crippen LogP contribution is 2.40. The Balaban J connectivity index is 0.925. The molecule has 0 amide bonds. The maximum absolute atomic E-state index is 12.8. The molecule has 0 bridgehead atoms. The molecule has 2 aliphatic rings. The molecule has 0 saturated carbocycles. The van der Waals surface area contributed by atoms with Crippen LogP contribution in [-0.2, 0) is 21.8 Å². The van der Waals surface area contributed by atoms with Gasteiger partial charge in [-0.2, -0.15) is 10.2 Å². The number of halogens is 2. The zero-order valence-electron chi connectivity index (χ0n) is 27.2. The van der Waals surface area contributed by atoms with Gasteiger partial charge in [-0.05, 0) is 55.8 Å². The normalized spacial score (nSPS) is 20.1. The number of rotatable bonds is 11. The van der Waals surface area contributed by atoms with Crippen molar-refractivity contribution in [1.29, 1.82) is 0 Å². The summed E-state index contributed by atoms with van der Waals surface area (Å²) < 4.78 is 23.5. The van der Waals surface area contributed by atoms with Gasteiger partial charge in [-0.3, -0.25) is 0 Å². The summed E-state index contributed by atoms with van der Waals surface area (Å²) in [6.07, 6.45) is 6.96. The minimum absolute atomic E-state index is 0.0600. The van der Waals surface area contributed by atoms with Crippen LogP contribution in [0, 0.1) is 0 Å². The lowest BCUT2D eigenvalue weighted by molar-refractivity contribution is -0.190. The van der Waals surface area contributed by atoms with Crippen LogP contribution in [-0.4, -0.2) is 79.6 Å². The van der Waals surface area contributed by atoms with Crippen LogP contribution in [0.25, 0.3) is 5.69 Å². The highest BCUT2D eigenvalue weighted by molar-refractivity contribution is 6.35. The van der Waals surface area contributed by atoms with E-state index in [0.29, 0.717) is 28.1 Å². The summed E-state index contributed by atoms with van der Waals surface area (Å²) in [6.45, 7) is 8.23. The van der Waals surface area contributed by atoms with Crippen LogP contribution in [0.15, 0.2) is 84.6 Å². The second-order valence-electron chi connectivity index (χ2n) is 12.2. The van der Waals surface area contributed by atoms with Gasteiger partial charge in [-0.15, -0.1) is 0 Å². The Morgan fingerprint density at radius 2 is 1.69 bits per heavy atom. The molecule has 15 heteroatoms. The molecule has 0 N–H and O–H groups in total. The molecule has 2 aliphatic heterocycles. The summed E-state index contributed by atoms with van der Waals surface area (Å²) in [4.78, 5) is 26.1. The van der Waals surface area contributed by atoms with Crippen molar-refractivity contribution < 1.29 is 14.2 Å². The number of piperazine rings is 1. The molecule has 7 rings (SSSR count). The van der Waals surface area contributed by atoms with Gasteiger partial charge in [0.15, 0.2) is 0 Å². The minimum Gasteiger partial charge on any atom is -0.475 e. The van der Waals surface area contributed by atoms with E-state index in [0.717, 1.165) is 49.7 Å². The van der Waals surface area contributed by atoms with E-state index in [1.807, 2.05) is 44.3 Å². The highest BCUT2D eigenvalue weighted by Gasteiger charge is 2.45. The van der Waals surface area contributed by atoms with Crippen molar-refractivity contribution in [3.05, 3.63) is 106 Å². The Kier molecular flexibility index (Phi) is 9.59.